The van der Waals surface area contributed by atoms with Gasteiger partial charge in [-0.25, -0.2) is 0 Å². The van der Waals surface area contributed by atoms with Crippen molar-refractivity contribution in [2.24, 2.45) is 11.7 Å². The van der Waals surface area contributed by atoms with E-state index in [2.05, 4.69) is 41.1 Å². The van der Waals surface area contributed by atoms with Gasteiger partial charge in [0.15, 0.2) is 0 Å². The zero-order valence-corrected chi connectivity index (χ0v) is 11.9. The van der Waals surface area contributed by atoms with Crippen LogP contribution in [0.1, 0.15) is 36.4 Å². The SMILES string of the molecule is Cc1cccc(C(N)CC2CCOCC2)c1Br. The van der Waals surface area contributed by atoms with E-state index in [1.54, 1.807) is 0 Å². The Hall–Kier alpha value is -0.380. The highest BCUT2D eigenvalue weighted by atomic mass is 79.9. The molecule has 0 bridgehead atoms. The van der Waals surface area contributed by atoms with Crippen molar-refractivity contribution in [1.29, 1.82) is 0 Å². The first-order chi connectivity index (χ1) is 8.18. The van der Waals surface area contributed by atoms with Crippen molar-refractivity contribution in [2.45, 2.75) is 32.2 Å². The normalized spacial score (nSPS) is 19.2. The second-order valence-corrected chi connectivity index (χ2v) is 5.67. The minimum absolute atomic E-state index is 0.132. The van der Waals surface area contributed by atoms with Crippen molar-refractivity contribution in [3.63, 3.8) is 0 Å². The van der Waals surface area contributed by atoms with Crippen molar-refractivity contribution in [2.75, 3.05) is 13.2 Å². The highest BCUT2D eigenvalue weighted by molar-refractivity contribution is 9.10. The van der Waals surface area contributed by atoms with Gasteiger partial charge in [0.25, 0.3) is 0 Å². The van der Waals surface area contributed by atoms with Crippen LogP contribution in [0.25, 0.3) is 0 Å². The first-order valence-electron chi connectivity index (χ1n) is 6.27. The van der Waals surface area contributed by atoms with Crippen LogP contribution in [0.4, 0.5) is 0 Å². The number of ether oxygens (including phenoxy) is 1. The van der Waals surface area contributed by atoms with Gasteiger partial charge in [0, 0.05) is 23.7 Å². The lowest BCUT2D eigenvalue weighted by molar-refractivity contribution is 0.0618. The molecule has 1 aromatic carbocycles. The molecule has 0 spiro atoms. The first-order valence-corrected chi connectivity index (χ1v) is 7.06. The van der Waals surface area contributed by atoms with Gasteiger partial charge >= 0.3 is 0 Å². The molecule has 94 valence electrons. The third-order valence-corrected chi connectivity index (χ3v) is 4.63. The van der Waals surface area contributed by atoms with E-state index < -0.39 is 0 Å². The lowest BCUT2D eigenvalue weighted by atomic mass is 9.89. The van der Waals surface area contributed by atoms with Crippen LogP contribution in [0, 0.1) is 12.8 Å². The Morgan fingerprint density at radius 1 is 1.41 bits per heavy atom. The molecule has 1 heterocycles. The highest BCUT2D eigenvalue weighted by Gasteiger charge is 2.19. The summed E-state index contributed by atoms with van der Waals surface area (Å²) < 4.78 is 6.55. The third-order valence-electron chi connectivity index (χ3n) is 3.55. The van der Waals surface area contributed by atoms with Gasteiger partial charge in [0.05, 0.1) is 0 Å². The average Bonchev–Trinajstić information content (AvgIpc) is 2.34. The Labute approximate surface area is 112 Å². The zero-order valence-electron chi connectivity index (χ0n) is 10.3. The molecule has 1 fully saturated rings. The molecule has 1 unspecified atom stereocenters. The first kappa shape index (κ1) is 13.1. The summed E-state index contributed by atoms with van der Waals surface area (Å²) in [5.74, 6) is 0.714. The quantitative estimate of drug-likeness (QED) is 0.926. The van der Waals surface area contributed by atoms with E-state index in [1.807, 2.05) is 0 Å². The highest BCUT2D eigenvalue weighted by Crippen LogP contribution is 2.31. The van der Waals surface area contributed by atoms with E-state index in [-0.39, 0.29) is 6.04 Å². The summed E-state index contributed by atoms with van der Waals surface area (Å²) in [7, 11) is 0. The van der Waals surface area contributed by atoms with Gasteiger partial charge in [-0.2, -0.15) is 0 Å². The molecule has 0 amide bonds. The second-order valence-electron chi connectivity index (χ2n) is 4.88. The molecule has 0 aromatic heterocycles. The Bertz CT molecular complexity index is 374. The largest absolute Gasteiger partial charge is 0.381 e. The van der Waals surface area contributed by atoms with Crippen LogP contribution in [-0.4, -0.2) is 13.2 Å². The fourth-order valence-corrected chi connectivity index (χ4v) is 2.98. The van der Waals surface area contributed by atoms with Crippen LogP contribution in [0.3, 0.4) is 0 Å². The van der Waals surface area contributed by atoms with E-state index in [0.29, 0.717) is 5.92 Å². The molecular weight excluding hydrogens is 278 g/mol. The molecular formula is C14H20BrNO. The number of nitrogens with two attached hydrogens (primary N) is 1. The van der Waals surface area contributed by atoms with Crippen molar-refractivity contribution in [3.05, 3.63) is 33.8 Å². The van der Waals surface area contributed by atoms with Crippen LogP contribution in [0.15, 0.2) is 22.7 Å². The molecule has 1 saturated heterocycles. The number of aryl methyl sites for hydroxylation is 1. The lowest BCUT2D eigenvalue weighted by Gasteiger charge is -2.25. The topological polar surface area (TPSA) is 35.2 Å². The van der Waals surface area contributed by atoms with Crippen molar-refractivity contribution < 1.29 is 4.74 Å². The third kappa shape index (κ3) is 3.30. The van der Waals surface area contributed by atoms with Gasteiger partial charge < -0.3 is 10.5 Å². The van der Waals surface area contributed by atoms with Gasteiger partial charge in [-0.1, -0.05) is 34.1 Å². The summed E-state index contributed by atoms with van der Waals surface area (Å²) >= 11 is 3.64. The smallest absolute Gasteiger partial charge is 0.0468 e. The van der Waals surface area contributed by atoms with Crippen molar-refractivity contribution in [3.8, 4) is 0 Å². The maximum atomic E-state index is 6.32. The molecule has 2 N–H and O–H groups in total. The van der Waals surface area contributed by atoms with Crippen LogP contribution in [-0.2, 0) is 4.74 Å². The summed E-state index contributed by atoms with van der Waals surface area (Å²) in [5.41, 5.74) is 8.81. The standard InChI is InChI=1S/C14H20BrNO/c1-10-3-2-4-12(14(10)15)13(16)9-11-5-7-17-8-6-11/h2-4,11,13H,5-9,16H2,1H3. The maximum Gasteiger partial charge on any atom is 0.0468 e. The van der Waals surface area contributed by atoms with Crippen LogP contribution in [0.5, 0.6) is 0 Å². The molecule has 1 aromatic rings. The summed E-state index contributed by atoms with van der Waals surface area (Å²) in [4.78, 5) is 0. The van der Waals surface area contributed by atoms with Gasteiger partial charge in [0.1, 0.15) is 0 Å². The molecule has 2 rings (SSSR count). The maximum absolute atomic E-state index is 6.32. The number of hydrogen-bond donors (Lipinski definition) is 1. The van der Waals surface area contributed by atoms with Crippen LogP contribution >= 0.6 is 15.9 Å². The van der Waals surface area contributed by atoms with Gasteiger partial charge in [-0.3, -0.25) is 0 Å². The molecule has 0 radical (unpaired) electrons. The lowest BCUT2D eigenvalue weighted by Crippen LogP contribution is -2.21. The molecule has 17 heavy (non-hydrogen) atoms. The Morgan fingerprint density at radius 3 is 2.82 bits per heavy atom. The van der Waals surface area contributed by atoms with E-state index >= 15 is 0 Å². The zero-order chi connectivity index (χ0) is 12.3. The van der Waals surface area contributed by atoms with E-state index in [1.165, 1.54) is 15.6 Å². The Balaban J connectivity index is 2.03. The van der Waals surface area contributed by atoms with Crippen molar-refractivity contribution >= 4 is 15.9 Å². The Morgan fingerprint density at radius 2 is 2.12 bits per heavy atom. The molecule has 0 aliphatic carbocycles. The molecule has 1 atom stereocenters. The molecule has 1 aliphatic rings. The minimum atomic E-state index is 0.132. The predicted molar refractivity (Wildman–Crippen MR) is 74.0 cm³/mol. The second kappa shape index (κ2) is 5.98. The number of rotatable bonds is 3. The number of benzene rings is 1. The van der Waals surface area contributed by atoms with Gasteiger partial charge in [0.2, 0.25) is 0 Å². The summed E-state index contributed by atoms with van der Waals surface area (Å²) in [5, 5.41) is 0. The van der Waals surface area contributed by atoms with E-state index in [9.17, 15) is 0 Å². The molecule has 3 heteroatoms. The van der Waals surface area contributed by atoms with Gasteiger partial charge in [-0.05, 0) is 43.2 Å². The fraction of sp³-hybridized carbons (Fsp3) is 0.571. The van der Waals surface area contributed by atoms with E-state index in [0.717, 1.165) is 32.5 Å². The molecule has 2 nitrogen and oxygen atoms in total. The van der Waals surface area contributed by atoms with Gasteiger partial charge in [-0.15, -0.1) is 0 Å². The fourth-order valence-electron chi connectivity index (χ4n) is 2.42. The monoisotopic (exact) mass is 297 g/mol. The number of halogens is 1. The van der Waals surface area contributed by atoms with E-state index in [4.69, 9.17) is 10.5 Å². The molecule has 0 saturated carbocycles. The van der Waals surface area contributed by atoms with Crippen molar-refractivity contribution in [1.82, 2.24) is 0 Å². The Kier molecular flexibility index (Phi) is 4.60. The summed E-state index contributed by atoms with van der Waals surface area (Å²) in [6, 6.07) is 6.45. The molecule has 1 aliphatic heterocycles. The average molecular weight is 298 g/mol. The summed E-state index contributed by atoms with van der Waals surface area (Å²) in [6.45, 7) is 3.90. The van der Waals surface area contributed by atoms with Crippen LogP contribution < -0.4 is 5.73 Å². The minimum Gasteiger partial charge on any atom is -0.381 e. The predicted octanol–water partition coefficient (Wildman–Crippen LogP) is 3.57. The van der Waals surface area contributed by atoms with Crippen LogP contribution in [0.2, 0.25) is 0 Å². The summed E-state index contributed by atoms with van der Waals surface area (Å²) in [6.07, 6.45) is 3.36. The number of hydrogen-bond acceptors (Lipinski definition) is 2.